The van der Waals surface area contributed by atoms with Gasteiger partial charge in [0.15, 0.2) is 0 Å². The maximum Gasteiger partial charge on any atom is 0.253 e. The van der Waals surface area contributed by atoms with Crippen LogP contribution in [-0.2, 0) is 5.54 Å². The molecule has 3 N–H and O–H groups in total. The van der Waals surface area contributed by atoms with Crippen LogP contribution in [0.4, 0.5) is 17.1 Å². The van der Waals surface area contributed by atoms with Gasteiger partial charge in [0.05, 0.1) is 11.2 Å². The number of hydrogen-bond donors (Lipinski definition) is 3. The first-order valence-electron chi connectivity index (χ1n) is 9.24. The minimum atomic E-state index is -0.556. The van der Waals surface area contributed by atoms with E-state index in [2.05, 4.69) is 22.8 Å². The molecule has 0 spiro atoms. The summed E-state index contributed by atoms with van der Waals surface area (Å²) in [5, 5.41) is 16.6. The number of phenols is 1. The molecular weight excluding hydrogens is 340 g/mol. The first-order chi connectivity index (χ1) is 13.0. The van der Waals surface area contributed by atoms with Crippen molar-refractivity contribution >= 4 is 17.1 Å². The van der Waals surface area contributed by atoms with Crippen molar-refractivity contribution in [3.63, 3.8) is 0 Å². The fraction of sp³-hybridized carbons (Fsp3) is 0.273. The van der Waals surface area contributed by atoms with Crippen molar-refractivity contribution in [2.24, 2.45) is 0 Å². The van der Waals surface area contributed by atoms with Crippen LogP contribution in [0.15, 0.2) is 58.1 Å². The maximum atomic E-state index is 12.3. The molecule has 0 unspecified atom stereocenters. The molecule has 0 bridgehead atoms. The Hall–Kier alpha value is -3.08. The second-order valence-corrected chi connectivity index (χ2v) is 7.28. The van der Waals surface area contributed by atoms with E-state index in [1.807, 2.05) is 18.2 Å². The van der Waals surface area contributed by atoms with Gasteiger partial charge in [-0.3, -0.25) is 9.59 Å². The zero-order valence-electron chi connectivity index (χ0n) is 15.2. The third kappa shape index (κ3) is 2.89. The summed E-state index contributed by atoms with van der Waals surface area (Å²) in [6.45, 7) is 1.78. The Balaban J connectivity index is 1.69. The molecule has 0 atom stereocenters. The van der Waals surface area contributed by atoms with E-state index in [0.29, 0.717) is 16.9 Å². The average Bonchev–Trinajstić information content (AvgIpc) is 3.18. The van der Waals surface area contributed by atoms with Crippen molar-refractivity contribution in [2.45, 2.75) is 38.1 Å². The molecule has 0 saturated heterocycles. The number of benzene rings is 2. The molecule has 138 valence electrons. The lowest BCUT2D eigenvalue weighted by Crippen LogP contribution is -2.42. The molecule has 3 aromatic carbocycles. The Morgan fingerprint density at radius 2 is 1.56 bits per heavy atom. The summed E-state index contributed by atoms with van der Waals surface area (Å²) in [6.07, 6.45) is 3.95. The topological polar surface area (TPSA) is 78.4 Å². The molecule has 3 aromatic rings. The molecule has 0 amide bonds. The van der Waals surface area contributed by atoms with Crippen LogP contribution in [0.25, 0.3) is 0 Å². The lowest BCUT2D eigenvalue weighted by Gasteiger charge is -2.33. The monoisotopic (exact) mass is 362 g/mol. The molecule has 1 fully saturated rings. The van der Waals surface area contributed by atoms with Gasteiger partial charge >= 0.3 is 0 Å². The quantitative estimate of drug-likeness (QED) is 0.474. The summed E-state index contributed by atoms with van der Waals surface area (Å²) in [7, 11) is 0. The molecule has 0 heterocycles. The van der Waals surface area contributed by atoms with Crippen molar-refractivity contribution in [1.29, 1.82) is 0 Å². The molecule has 1 aliphatic rings. The highest BCUT2D eigenvalue weighted by molar-refractivity contribution is 5.81. The SMILES string of the molecule is Cc1cccc(Nc2c(NC3(c4ccccc4)CCCC3)c(=O)c2=O)c1O. The third-order valence-corrected chi connectivity index (χ3v) is 5.56. The molecule has 1 aliphatic carbocycles. The van der Waals surface area contributed by atoms with Crippen LogP contribution >= 0.6 is 0 Å². The Morgan fingerprint density at radius 3 is 2.26 bits per heavy atom. The van der Waals surface area contributed by atoms with Crippen molar-refractivity contribution in [1.82, 2.24) is 0 Å². The summed E-state index contributed by atoms with van der Waals surface area (Å²) in [5.74, 6) is 0.0788. The van der Waals surface area contributed by atoms with E-state index in [1.165, 1.54) is 0 Å². The highest BCUT2D eigenvalue weighted by Gasteiger charge is 2.38. The van der Waals surface area contributed by atoms with Crippen molar-refractivity contribution in [3.05, 3.63) is 80.1 Å². The van der Waals surface area contributed by atoms with E-state index in [1.54, 1.807) is 25.1 Å². The lowest BCUT2D eigenvalue weighted by molar-refractivity contribution is 0.473. The maximum absolute atomic E-state index is 12.3. The minimum Gasteiger partial charge on any atom is -0.505 e. The number of rotatable bonds is 5. The van der Waals surface area contributed by atoms with E-state index in [4.69, 9.17) is 0 Å². The summed E-state index contributed by atoms with van der Waals surface area (Å²) in [6, 6.07) is 15.3. The summed E-state index contributed by atoms with van der Waals surface area (Å²) >= 11 is 0. The zero-order chi connectivity index (χ0) is 19.0. The van der Waals surface area contributed by atoms with E-state index in [-0.39, 0.29) is 17.0 Å². The Kier molecular flexibility index (Phi) is 4.22. The number of nitrogens with one attached hydrogen (secondary N) is 2. The fourth-order valence-corrected chi connectivity index (χ4v) is 3.99. The van der Waals surface area contributed by atoms with Gasteiger partial charge in [0.25, 0.3) is 10.9 Å². The van der Waals surface area contributed by atoms with Gasteiger partial charge in [-0.05, 0) is 37.0 Å². The van der Waals surface area contributed by atoms with Crippen LogP contribution in [0.2, 0.25) is 0 Å². The second kappa shape index (κ2) is 6.58. The predicted molar refractivity (Wildman–Crippen MR) is 108 cm³/mol. The number of hydrogen-bond acceptors (Lipinski definition) is 5. The van der Waals surface area contributed by atoms with Crippen LogP contribution in [-0.4, -0.2) is 5.11 Å². The summed E-state index contributed by atoms with van der Waals surface area (Å²) < 4.78 is 0. The first kappa shape index (κ1) is 17.3. The first-order valence-corrected chi connectivity index (χ1v) is 9.24. The largest absolute Gasteiger partial charge is 0.505 e. The van der Waals surface area contributed by atoms with Crippen LogP contribution < -0.4 is 21.5 Å². The lowest BCUT2D eigenvalue weighted by atomic mass is 9.87. The van der Waals surface area contributed by atoms with Crippen molar-refractivity contribution < 1.29 is 5.11 Å². The van der Waals surface area contributed by atoms with Crippen molar-refractivity contribution in [2.75, 3.05) is 10.6 Å². The Morgan fingerprint density at radius 1 is 0.889 bits per heavy atom. The molecule has 1 saturated carbocycles. The van der Waals surface area contributed by atoms with E-state index < -0.39 is 10.9 Å². The number of aromatic hydroxyl groups is 1. The molecule has 5 heteroatoms. The van der Waals surface area contributed by atoms with Gasteiger partial charge in [-0.2, -0.15) is 0 Å². The zero-order valence-corrected chi connectivity index (χ0v) is 15.2. The number of phenolic OH excluding ortho intramolecular Hbond substituents is 1. The highest BCUT2D eigenvalue weighted by atomic mass is 16.3. The standard InChI is InChI=1S/C22H22N2O3/c1-14-8-7-11-16(19(14)25)23-17-18(21(27)20(17)26)24-22(12-5-6-13-22)15-9-3-2-4-10-15/h2-4,7-11,23-25H,5-6,12-13H2,1H3. The van der Waals surface area contributed by atoms with E-state index in [0.717, 1.165) is 31.2 Å². The van der Waals surface area contributed by atoms with Crippen molar-refractivity contribution in [3.8, 4) is 5.75 Å². The molecule has 27 heavy (non-hydrogen) atoms. The smallest absolute Gasteiger partial charge is 0.253 e. The molecular formula is C22H22N2O3. The van der Waals surface area contributed by atoms with Crippen LogP contribution in [0.1, 0.15) is 36.8 Å². The number of para-hydroxylation sites is 1. The van der Waals surface area contributed by atoms with Gasteiger partial charge in [-0.1, -0.05) is 55.3 Å². The Labute approximate surface area is 157 Å². The Bertz CT molecular complexity index is 1040. The molecule has 0 radical (unpaired) electrons. The highest BCUT2D eigenvalue weighted by Crippen LogP contribution is 2.42. The van der Waals surface area contributed by atoms with Gasteiger partial charge in [-0.25, -0.2) is 0 Å². The molecule has 4 rings (SSSR count). The molecule has 5 nitrogen and oxygen atoms in total. The normalized spacial score (nSPS) is 15.7. The van der Waals surface area contributed by atoms with Gasteiger partial charge in [0.2, 0.25) is 0 Å². The van der Waals surface area contributed by atoms with E-state index >= 15 is 0 Å². The fourth-order valence-electron chi connectivity index (χ4n) is 3.99. The molecule has 0 aromatic heterocycles. The van der Waals surface area contributed by atoms with Crippen LogP contribution in [0.3, 0.4) is 0 Å². The minimum absolute atomic E-state index is 0.0788. The van der Waals surface area contributed by atoms with Gasteiger partial charge in [0, 0.05) is 0 Å². The number of anilines is 3. The van der Waals surface area contributed by atoms with Gasteiger partial charge in [0.1, 0.15) is 17.1 Å². The van der Waals surface area contributed by atoms with Crippen LogP contribution in [0.5, 0.6) is 5.75 Å². The molecule has 0 aliphatic heterocycles. The third-order valence-electron chi connectivity index (χ3n) is 5.56. The average molecular weight is 362 g/mol. The van der Waals surface area contributed by atoms with Crippen LogP contribution in [0, 0.1) is 6.92 Å². The van der Waals surface area contributed by atoms with Gasteiger partial charge < -0.3 is 15.7 Å². The summed E-state index contributed by atoms with van der Waals surface area (Å²) in [5.41, 5.74) is 1.38. The predicted octanol–water partition coefficient (Wildman–Crippen LogP) is 3.92. The second-order valence-electron chi connectivity index (χ2n) is 7.28. The summed E-state index contributed by atoms with van der Waals surface area (Å²) in [4.78, 5) is 24.5. The van der Waals surface area contributed by atoms with E-state index in [9.17, 15) is 14.7 Å². The number of aryl methyl sites for hydroxylation is 1. The van der Waals surface area contributed by atoms with Gasteiger partial charge in [-0.15, -0.1) is 0 Å².